The van der Waals surface area contributed by atoms with E-state index in [9.17, 15) is 8.78 Å². The topological polar surface area (TPSA) is 12.9 Å². The number of halogens is 3. The zero-order valence-electron chi connectivity index (χ0n) is 6.52. The van der Waals surface area contributed by atoms with E-state index in [-0.39, 0.29) is 11.6 Å². The Morgan fingerprint density at radius 3 is 2.67 bits per heavy atom. The highest BCUT2D eigenvalue weighted by Gasteiger charge is 2.13. The number of rotatable bonds is 2. The van der Waals surface area contributed by atoms with Crippen molar-refractivity contribution in [1.82, 2.24) is 4.98 Å². The molecule has 1 nitrogen and oxygen atoms in total. The largest absolute Gasteiger partial charge is 0.280 e. The standard InChI is InChI=1S/C8H8ClF2N/c1-5-2-3-6(4-9)7(12-5)8(10)11/h2-3,8H,4H2,1H3. The summed E-state index contributed by atoms with van der Waals surface area (Å²) in [6.07, 6.45) is -2.54. The maximum atomic E-state index is 12.3. The molecule has 0 aliphatic carbocycles. The van der Waals surface area contributed by atoms with Crippen LogP contribution in [0.3, 0.4) is 0 Å². The van der Waals surface area contributed by atoms with E-state index in [0.29, 0.717) is 11.3 Å². The van der Waals surface area contributed by atoms with Gasteiger partial charge in [0.05, 0.1) is 0 Å². The van der Waals surface area contributed by atoms with Crippen molar-refractivity contribution in [3.63, 3.8) is 0 Å². The molecule has 0 radical (unpaired) electrons. The Bertz CT molecular complexity index is 276. The fraction of sp³-hybridized carbons (Fsp3) is 0.375. The van der Waals surface area contributed by atoms with Crippen molar-refractivity contribution in [1.29, 1.82) is 0 Å². The Morgan fingerprint density at radius 2 is 2.17 bits per heavy atom. The molecule has 0 spiro atoms. The number of hydrogen-bond acceptors (Lipinski definition) is 1. The molecular weight excluding hydrogens is 184 g/mol. The van der Waals surface area contributed by atoms with Gasteiger partial charge in [-0.05, 0) is 18.6 Å². The van der Waals surface area contributed by atoms with Crippen LogP contribution in [-0.2, 0) is 5.88 Å². The minimum atomic E-state index is -2.54. The summed E-state index contributed by atoms with van der Waals surface area (Å²) in [5.41, 5.74) is 0.779. The predicted molar refractivity (Wildman–Crippen MR) is 43.5 cm³/mol. The molecule has 12 heavy (non-hydrogen) atoms. The van der Waals surface area contributed by atoms with E-state index in [1.165, 1.54) is 0 Å². The molecule has 1 heterocycles. The Morgan fingerprint density at radius 1 is 1.50 bits per heavy atom. The van der Waals surface area contributed by atoms with Crippen molar-refractivity contribution in [2.24, 2.45) is 0 Å². The van der Waals surface area contributed by atoms with E-state index in [2.05, 4.69) is 4.98 Å². The van der Waals surface area contributed by atoms with Crippen molar-refractivity contribution >= 4 is 11.6 Å². The van der Waals surface area contributed by atoms with Crippen LogP contribution in [0.5, 0.6) is 0 Å². The molecule has 4 heteroatoms. The molecule has 1 aromatic rings. The molecule has 66 valence electrons. The molecule has 0 saturated carbocycles. The lowest BCUT2D eigenvalue weighted by Crippen LogP contribution is -1.97. The SMILES string of the molecule is Cc1ccc(CCl)c(C(F)F)n1. The van der Waals surface area contributed by atoms with E-state index in [1.807, 2.05) is 0 Å². The molecule has 0 bridgehead atoms. The summed E-state index contributed by atoms with van der Waals surface area (Å²) < 4.78 is 24.5. The third kappa shape index (κ3) is 1.91. The second-order valence-electron chi connectivity index (χ2n) is 2.43. The fourth-order valence-electron chi connectivity index (χ4n) is 0.908. The molecule has 1 rings (SSSR count). The fourth-order valence-corrected chi connectivity index (χ4v) is 1.13. The van der Waals surface area contributed by atoms with Crippen LogP contribution in [-0.4, -0.2) is 4.98 Å². The van der Waals surface area contributed by atoms with Gasteiger partial charge in [0.25, 0.3) is 6.43 Å². The molecule has 1 aromatic heterocycles. The van der Waals surface area contributed by atoms with Crippen LogP contribution in [0.15, 0.2) is 12.1 Å². The summed E-state index contributed by atoms with van der Waals surface area (Å²) in [4.78, 5) is 3.71. The molecule has 0 aliphatic heterocycles. The maximum absolute atomic E-state index is 12.3. The summed E-state index contributed by atoms with van der Waals surface area (Å²) in [6, 6.07) is 3.25. The van der Waals surface area contributed by atoms with Crippen molar-refractivity contribution in [2.75, 3.05) is 0 Å². The average Bonchev–Trinajstić information content (AvgIpc) is 2.04. The van der Waals surface area contributed by atoms with Gasteiger partial charge in [-0.1, -0.05) is 6.07 Å². The first-order chi connectivity index (χ1) is 5.65. The first-order valence-corrected chi connectivity index (χ1v) is 3.99. The van der Waals surface area contributed by atoms with Crippen LogP contribution in [0.4, 0.5) is 8.78 Å². The van der Waals surface area contributed by atoms with E-state index < -0.39 is 6.43 Å². The molecule has 0 unspecified atom stereocenters. The number of hydrogen-bond donors (Lipinski definition) is 0. The molecule has 0 aromatic carbocycles. The molecule has 0 amide bonds. The normalized spacial score (nSPS) is 10.8. The van der Waals surface area contributed by atoms with Crippen LogP contribution in [0, 0.1) is 6.92 Å². The summed E-state index contributed by atoms with van der Waals surface area (Å²) in [6.45, 7) is 1.67. The van der Waals surface area contributed by atoms with Crippen LogP contribution < -0.4 is 0 Å². The van der Waals surface area contributed by atoms with E-state index in [1.54, 1.807) is 19.1 Å². The van der Waals surface area contributed by atoms with Gasteiger partial charge < -0.3 is 0 Å². The van der Waals surface area contributed by atoms with Crippen molar-refractivity contribution in [3.8, 4) is 0 Å². The lowest BCUT2D eigenvalue weighted by molar-refractivity contribution is 0.145. The third-order valence-corrected chi connectivity index (χ3v) is 1.79. The minimum Gasteiger partial charge on any atom is -0.252 e. The van der Waals surface area contributed by atoms with Crippen molar-refractivity contribution in [2.45, 2.75) is 19.2 Å². The van der Waals surface area contributed by atoms with Crippen LogP contribution in [0.25, 0.3) is 0 Å². The lowest BCUT2D eigenvalue weighted by atomic mass is 10.2. The third-order valence-electron chi connectivity index (χ3n) is 1.50. The highest BCUT2D eigenvalue weighted by molar-refractivity contribution is 6.17. The number of pyridine rings is 1. The summed E-state index contributed by atoms with van der Waals surface area (Å²) >= 11 is 5.46. The Balaban J connectivity index is 3.12. The molecule has 0 aliphatic rings. The van der Waals surface area contributed by atoms with Crippen LogP contribution in [0.2, 0.25) is 0 Å². The van der Waals surface area contributed by atoms with Gasteiger partial charge in [-0.2, -0.15) is 0 Å². The summed E-state index contributed by atoms with van der Waals surface area (Å²) in [7, 11) is 0. The zero-order chi connectivity index (χ0) is 9.14. The lowest BCUT2D eigenvalue weighted by Gasteiger charge is -2.05. The van der Waals surface area contributed by atoms with Gasteiger partial charge in [-0.3, -0.25) is 4.98 Å². The highest BCUT2D eigenvalue weighted by atomic mass is 35.5. The predicted octanol–water partition coefficient (Wildman–Crippen LogP) is 3.07. The quantitative estimate of drug-likeness (QED) is 0.655. The Hall–Kier alpha value is -0.700. The van der Waals surface area contributed by atoms with E-state index in [4.69, 9.17) is 11.6 Å². The van der Waals surface area contributed by atoms with Gasteiger partial charge in [-0.15, -0.1) is 11.6 Å². The first-order valence-electron chi connectivity index (χ1n) is 3.45. The van der Waals surface area contributed by atoms with Crippen LogP contribution >= 0.6 is 11.6 Å². The van der Waals surface area contributed by atoms with Crippen molar-refractivity contribution in [3.05, 3.63) is 29.1 Å². The first kappa shape index (κ1) is 9.39. The van der Waals surface area contributed by atoms with Gasteiger partial charge in [0.2, 0.25) is 0 Å². The van der Waals surface area contributed by atoms with E-state index in [0.717, 1.165) is 0 Å². The molecule has 0 fully saturated rings. The highest BCUT2D eigenvalue weighted by Crippen LogP contribution is 2.22. The molecule has 0 atom stereocenters. The summed E-state index contributed by atoms with van der Waals surface area (Å²) in [5.74, 6) is 0.0763. The number of nitrogens with zero attached hydrogens (tertiary/aromatic N) is 1. The van der Waals surface area contributed by atoms with Gasteiger partial charge in [-0.25, -0.2) is 8.78 Å². The molecule has 0 N–H and O–H groups in total. The number of alkyl halides is 3. The van der Waals surface area contributed by atoms with Gasteiger partial charge in [0.1, 0.15) is 5.69 Å². The average molecular weight is 192 g/mol. The monoisotopic (exact) mass is 191 g/mol. The van der Waals surface area contributed by atoms with Crippen LogP contribution in [0.1, 0.15) is 23.4 Å². The summed E-state index contributed by atoms with van der Waals surface area (Å²) in [5, 5.41) is 0. The van der Waals surface area contributed by atoms with Crippen molar-refractivity contribution < 1.29 is 8.78 Å². The van der Waals surface area contributed by atoms with Gasteiger partial charge >= 0.3 is 0 Å². The second-order valence-corrected chi connectivity index (χ2v) is 2.70. The van der Waals surface area contributed by atoms with Gasteiger partial charge in [0, 0.05) is 11.6 Å². The second kappa shape index (κ2) is 3.81. The Labute approximate surface area is 74.4 Å². The minimum absolute atomic E-state index is 0.0763. The molecular formula is C8H8ClF2N. The van der Waals surface area contributed by atoms with E-state index >= 15 is 0 Å². The molecule has 0 saturated heterocycles. The van der Waals surface area contributed by atoms with Gasteiger partial charge in [0.15, 0.2) is 0 Å². The number of aromatic nitrogens is 1. The zero-order valence-corrected chi connectivity index (χ0v) is 7.28. The maximum Gasteiger partial charge on any atom is 0.280 e. The number of aryl methyl sites for hydroxylation is 1. The smallest absolute Gasteiger partial charge is 0.252 e. The Kier molecular flexibility index (Phi) is 2.98.